The van der Waals surface area contributed by atoms with Gasteiger partial charge in [-0.2, -0.15) is 0 Å². The first-order valence-electron chi connectivity index (χ1n) is 12.8. The predicted octanol–water partition coefficient (Wildman–Crippen LogP) is 6.09. The fraction of sp³-hybridized carbons (Fsp3) is 0.448. The average Bonchev–Trinajstić information content (AvgIpc) is 3.14. The summed E-state index contributed by atoms with van der Waals surface area (Å²) in [6.45, 7) is 6.77. The van der Waals surface area contributed by atoms with E-state index >= 15 is 0 Å². The molecule has 8 heteroatoms. The van der Waals surface area contributed by atoms with Crippen molar-refractivity contribution in [2.24, 2.45) is 29.9 Å². The number of para-hydroxylation sites is 2. The van der Waals surface area contributed by atoms with Crippen LogP contribution >= 0.6 is 0 Å². The van der Waals surface area contributed by atoms with E-state index in [4.69, 9.17) is 21.4 Å². The number of azide groups is 1. The van der Waals surface area contributed by atoms with Gasteiger partial charge >= 0.3 is 5.97 Å². The van der Waals surface area contributed by atoms with E-state index in [1.54, 1.807) is 12.1 Å². The van der Waals surface area contributed by atoms with Crippen molar-refractivity contribution in [1.82, 2.24) is 4.57 Å². The first-order chi connectivity index (χ1) is 17.8. The third kappa shape index (κ3) is 5.58. The van der Waals surface area contributed by atoms with E-state index in [2.05, 4.69) is 36.7 Å². The molecule has 37 heavy (non-hydrogen) atoms. The van der Waals surface area contributed by atoms with Gasteiger partial charge in [0.25, 0.3) is 5.82 Å². The Balaban J connectivity index is 1.72. The van der Waals surface area contributed by atoms with Crippen LogP contribution in [0.1, 0.15) is 40.0 Å². The molecule has 4 rings (SSSR count). The highest BCUT2D eigenvalue weighted by atomic mass is 16.5. The minimum Gasteiger partial charge on any atom is -0.480 e. The number of carbonyl (C=O) groups excluding carboxylic acids is 1. The maximum atomic E-state index is 13.4. The van der Waals surface area contributed by atoms with Crippen LogP contribution in [0.5, 0.6) is 5.75 Å². The molecule has 1 saturated carbocycles. The highest BCUT2D eigenvalue weighted by Crippen LogP contribution is 2.36. The van der Waals surface area contributed by atoms with Gasteiger partial charge in [0.1, 0.15) is 18.5 Å². The lowest BCUT2D eigenvalue weighted by molar-refractivity contribution is -0.634. The number of ether oxygens (including phenoxy) is 2. The van der Waals surface area contributed by atoms with Crippen LogP contribution in [-0.2, 0) is 23.1 Å². The van der Waals surface area contributed by atoms with E-state index < -0.39 is 0 Å². The van der Waals surface area contributed by atoms with Crippen LogP contribution in [-0.4, -0.2) is 23.2 Å². The number of aryl methyl sites for hydroxylation is 1. The van der Waals surface area contributed by atoms with Gasteiger partial charge in [-0.3, -0.25) is 0 Å². The summed E-state index contributed by atoms with van der Waals surface area (Å²) < 4.78 is 15.7. The topological polar surface area (TPSA) is 93.1 Å². The van der Waals surface area contributed by atoms with Crippen molar-refractivity contribution in [3.8, 4) is 29.5 Å². The second-order valence-corrected chi connectivity index (χ2v) is 10.2. The van der Waals surface area contributed by atoms with Crippen molar-refractivity contribution in [3.05, 3.63) is 52.9 Å². The molecule has 0 unspecified atom stereocenters. The molecule has 0 amide bonds. The van der Waals surface area contributed by atoms with Gasteiger partial charge in [-0.15, -0.1) is 6.42 Å². The van der Waals surface area contributed by atoms with Gasteiger partial charge in [0, 0.05) is 4.91 Å². The minimum atomic E-state index is -0.253. The van der Waals surface area contributed by atoms with E-state index in [9.17, 15) is 4.79 Å². The Morgan fingerprint density at radius 2 is 2.08 bits per heavy atom. The second-order valence-electron chi connectivity index (χ2n) is 10.2. The molecule has 0 radical (unpaired) electrons. The molecule has 3 aromatic rings. The summed E-state index contributed by atoms with van der Waals surface area (Å²) in [6, 6.07) is 13.3. The minimum absolute atomic E-state index is 0.0599. The maximum absolute atomic E-state index is 13.4. The fourth-order valence-electron chi connectivity index (χ4n) is 5.50. The number of benzene rings is 2. The van der Waals surface area contributed by atoms with Gasteiger partial charge in [0.15, 0.2) is 17.6 Å². The smallest absolute Gasteiger partial charge is 0.348 e. The number of imidazole rings is 1. The van der Waals surface area contributed by atoms with Crippen molar-refractivity contribution < 1.29 is 18.8 Å². The number of nitrogens with zero attached hydrogens (tertiary/aromatic N) is 5. The molecule has 192 valence electrons. The molecule has 0 saturated heterocycles. The third-order valence-corrected chi connectivity index (χ3v) is 7.32. The average molecular weight is 501 g/mol. The summed E-state index contributed by atoms with van der Waals surface area (Å²) in [7, 11) is 1.95. The van der Waals surface area contributed by atoms with E-state index in [1.165, 1.54) is 6.42 Å². The molecule has 1 heterocycles. The van der Waals surface area contributed by atoms with E-state index in [0.29, 0.717) is 29.2 Å². The molecule has 1 fully saturated rings. The largest absolute Gasteiger partial charge is 0.480 e. The van der Waals surface area contributed by atoms with Crippen LogP contribution in [0.15, 0.2) is 47.6 Å². The van der Waals surface area contributed by atoms with Gasteiger partial charge in [-0.1, -0.05) is 50.4 Å². The van der Waals surface area contributed by atoms with Crippen LogP contribution in [0.4, 0.5) is 5.69 Å². The Kier molecular flexibility index (Phi) is 8.05. The van der Waals surface area contributed by atoms with Gasteiger partial charge in [-0.05, 0) is 66.5 Å². The molecule has 1 aliphatic carbocycles. The molecule has 0 spiro atoms. The standard InChI is InChI=1S/C29H34N5O3/c1-6-15-36-26-14-12-21(17-23(26)31-32-30)29-33(5)24-9-7-8-10-25(24)34(29)18-28(35)37-27-16-20(4)11-13-22(27)19(2)3/h1,7-10,12,14,17,19-20,22,27H,11,13,15-16,18H2,2-5H3/q+1/t20-,22+,27-/m1/s1. The molecule has 3 atom stereocenters. The lowest BCUT2D eigenvalue weighted by Crippen LogP contribution is -2.37. The summed E-state index contributed by atoms with van der Waals surface area (Å²) >= 11 is 0. The number of terminal acetylenes is 1. The molecular formula is C29H34N5O3+. The van der Waals surface area contributed by atoms with Crippen LogP contribution in [0.3, 0.4) is 0 Å². The molecule has 1 aliphatic rings. The van der Waals surface area contributed by atoms with Crippen molar-refractivity contribution in [1.29, 1.82) is 0 Å². The summed E-state index contributed by atoms with van der Waals surface area (Å²) in [5, 5.41) is 3.81. The zero-order valence-corrected chi connectivity index (χ0v) is 21.9. The van der Waals surface area contributed by atoms with E-state index in [0.717, 1.165) is 35.3 Å². The molecule has 0 N–H and O–H groups in total. The summed E-state index contributed by atoms with van der Waals surface area (Å²) in [5.41, 5.74) is 12.1. The van der Waals surface area contributed by atoms with Crippen LogP contribution in [0.2, 0.25) is 0 Å². The number of rotatable bonds is 8. The normalized spacial score (nSPS) is 19.3. The zero-order valence-electron chi connectivity index (χ0n) is 21.9. The molecule has 8 nitrogen and oxygen atoms in total. The number of fused-ring (bicyclic) bond motifs is 1. The van der Waals surface area contributed by atoms with Crippen LogP contribution < -0.4 is 9.30 Å². The summed E-state index contributed by atoms with van der Waals surface area (Å²) in [6.07, 6.45) is 8.41. The number of esters is 1. The Labute approximate surface area is 217 Å². The monoisotopic (exact) mass is 500 g/mol. The first kappa shape index (κ1) is 26.1. The number of hydrogen-bond acceptors (Lipinski definition) is 4. The van der Waals surface area contributed by atoms with Crippen molar-refractivity contribution in [2.45, 2.75) is 52.7 Å². The molecule has 1 aromatic heterocycles. The van der Waals surface area contributed by atoms with Crippen molar-refractivity contribution in [3.63, 3.8) is 0 Å². The van der Waals surface area contributed by atoms with E-state index in [1.807, 2.05) is 46.5 Å². The lowest BCUT2D eigenvalue weighted by atomic mass is 9.75. The quantitative estimate of drug-likeness (QED) is 0.0935. The Hall–Kier alpha value is -3.95. The van der Waals surface area contributed by atoms with Gasteiger partial charge < -0.3 is 9.47 Å². The van der Waals surface area contributed by atoms with Crippen molar-refractivity contribution in [2.75, 3.05) is 6.61 Å². The lowest BCUT2D eigenvalue weighted by Gasteiger charge is -2.36. The summed E-state index contributed by atoms with van der Waals surface area (Å²) in [5.74, 6) is 4.73. The number of hydrogen-bond donors (Lipinski definition) is 0. The number of carbonyl (C=O) groups is 1. The highest BCUT2D eigenvalue weighted by Gasteiger charge is 2.34. The summed E-state index contributed by atoms with van der Waals surface area (Å²) in [4.78, 5) is 16.3. The van der Waals surface area contributed by atoms with Gasteiger partial charge in [-0.25, -0.2) is 13.9 Å². The molecular weight excluding hydrogens is 466 g/mol. The van der Waals surface area contributed by atoms with Crippen molar-refractivity contribution >= 4 is 22.7 Å². The van der Waals surface area contributed by atoms with Gasteiger partial charge in [0.2, 0.25) is 0 Å². The van der Waals surface area contributed by atoms with Gasteiger partial charge in [0.05, 0.1) is 18.3 Å². The zero-order chi connectivity index (χ0) is 26.5. The Bertz CT molecular complexity index is 1380. The Morgan fingerprint density at radius 3 is 2.81 bits per heavy atom. The fourth-order valence-corrected chi connectivity index (χ4v) is 5.50. The SMILES string of the molecule is C#CCOc1ccc(-c2n(CC(=O)O[C@@H]3C[C@H](C)CC[C@H]3C(C)C)c3ccccc3[n+]2C)cc1N=[N+]=[N-]. The van der Waals surface area contributed by atoms with Crippen LogP contribution in [0, 0.1) is 30.1 Å². The maximum Gasteiger partial charge on any atom is 0.348 e. The molecule has 2 aromatic carbocycles. The highest BCUT2D eigenvalue weighted by molar-refractivity contribution is 5.80. The van der Waals surface area contributed by atoms with E-state index in [-0.39, 0.29) is 25.2 Å². The predicted molar refractivity (Wildman–Crippen MR) is 143 cm³/mol. The Morgan fingerprint density at radius 1 is 1.30 bits per heavy atom. The first-order valence-corrected chi connectivity index (χ1v) is 12.8. The number of aromatic nitrogens is 2. The van der Waals surface area contributed by atoms with Crippen LogP contribution in [0.25, 0.3) is 32.9 Å². The molecule has 0 aliphatic heterocycles. The second kappa shape index (κ2) is 11.4. The third-order valence-electron chi connectivity index (χ3n) is 7.32. The molecule has 0 bridgehead atoms.